The molecule has 4 rings (SSSR count). The number of benzene rings is 1. The average molecular weight is 536 g/mol. The number of carbonyl (C=O) groups is 3. The van der Waals surface area contributed by atoms with Gasteiger partial charge in [0, 0.05) is 16.6 Å². The van der Waals surface area contributed by atoms with E-state index >= 15 is 0 Å². The van der Waals surface area contributed by atoms with Crippen LogP contribution in [0.1, 0.15) is 40.5 Å². The SMILES string of the molecule is CC[C@H](C)[C@H](CO)N1C(=O)[C@@H]2[C@H](C(=O)Nc3ccccc3)[C@H]3OC2(CC3Br)C1C(=O)NC(C)C. The van der Waals surface area contributed by atoms with E-state index in [0.717, 1.165) is 6.42 Å². The van der Waals surface area contributed by atoms with Crippen molar-refractivity contribution in [1.82, 2.24) is 10.2 Å². The summed E-state index contributed by atoms with van der Waals surface area (Å²) in [6.07, 6.45) is 0.646. The Morgan fingerprint density at radius 2 is 1.91 bits per heavy atom. The summed E-state index contributed by atoms with van der Waals surface area (Å²) in [5.74, 6) is -2.48. The van der Waals surface area contributed by atoms with Gasteiger partial charge in [0.2, 0.25) is 17.7 Å². The van der Waals surface area contributed by atoms with Crippen LogP contribution in [0.3, 0.4) is 0 Å². The molecule has 3 heterocycles. The highest BCUT2D eigenvalue weighted by Gasteiger charge is 2.77. The highest BCUT2D eigenvalue weighted by Crippen LogP contribution is 2.60. The number of nitrogens with one attached hydrogen (secondary N) is 2. The Kier molecular flexibility index (Phi) is 7.09. The summed E-state index contributed by atoms with van der Waals surface area (Å²) in [7, 11) is 0. The summed E-state index contributed by atoms with van der Waals surface area (Å²) >= 11 is 3.67. The highest BCUT2D eigenvalue weighted by atomic mass is 79.9. The van der Waals surface area contributed by atoms with Gasteiger partial charge >= 0.3 is 0 Å². The van der Waals surface area contributed by atoms with Crippen molar-refractivity contribution in [3.63, 3.8) is 0 Å². The summed E-state index contributed by atoms with van der Waals surface area (Å²) in [4.78, 5) is 42.4. The molecule has 1 aromatic rings. The minimum Gasteiger partial charge on any atom is -0.394 e. The van der Waals surface area contributed by atoms with Crippen molar-refractivity contribution in [3.05, 3.63) is 30.3 Å². The van der Waals surface area contributed by atoms with Gasteiger partial charge in [-0.25, -0.2) is 0 Å². The number of para-hydroxylation sites is 1. The van der Waals surface area contributed by atoms with Crippen molar-refractivity contribution in [3.8, 4) is 0 Å². The normalized spacial score (nSPS) is 33.7. The number of rotatable bonds is 8. The van der Waals surface area contributed by atoms with Crippen molar-refractivity contribution in [1.29, 1.82) is 0 Å². The number of anilines is 1. The Morgan fingerprint density at radius 1 is 1.24 bits per heavy atom. The van der Waals surface area contributed by atoms with E-state index in [-0.39, 0.29) is 41.1 Å². The minimum absolute atomic E-state index is 0.0351. The van der Waals surface area contributed by atoms with Crippen LogP contribution in [-0.4, -0.2) is 69.0 Å². The zero-order valence-electron chi connectivity index (χ0n) is 20.0. The second-order valence-electron chi connectivity index (χ2n) is 10.1. The van der Waals surface area contributed by atoms with Crippen LogP contribution in [0, 0.1) is 17.8 Å². The van der Waals surface area contributed by atoms with Gasteiger partial charge in [0.1, 0.15) is 11.6 Å². The fraction of sp³-hybridized carbons (Fsp3) is 0.640. The van der Waals surface area contributed by atoms with Gasteiger partial charge in [-0.15, -0.1) is 0 Å². The number of amides is 3. The Morgan fingerprint density at radius 3 is 2.50 bits per heavy atom. The lowest BCUT2D eigenvalue weighted by Crippen LogP contribution is -2.60. The van der Waals surface area contributed by atoms with E-state index in [1.54, 1.807) is 12.1 Å². The first-order chi connectivity index (χ1) is 16.2. The number of hydrogen-bond donors (Lipinski definition) is 3. The van der Waals surface area contributed by atoms with Crippen LogP contribution >= 0.6 is 15.9 Å². The molecule has 0 saturated carbocycles. The van der Waals surface area contributed by atoms with Gasteiger partial charge in [-0.3, -0.25) is 14.4 Å². The molecule has 3 fully saturated rings. The van der Waals surface area contributed by atoms with Gasteiger partial charge in [-0.05, 0) is 38.3 Å². The summed E-state index contributed by atoms with van der Waals surface area (Å²) in [6.45, 7) is 7.41. The predicted molar refractivity (Wildman–Crippen MR) is 131 cm³/mol. The van der Waals surface area contributed by atoms with Gasteiger partial charge < -0.3 is 25.4 Å². The molecule has 3 amide bonds. The van der Waals surface area contributed by atoms with E-state index in [2.05, 4.69) is 26.6 Å². The number of ether oxygens (including phenoxy) is 1. The largest absolute Gasteiger partial charge is 0.394 e. The van der Waals surface area contributed by atoms with Crippen LogP contribution in [0.5, 0.6) is 0 Å². The Hall–Kier alpha value is -1.97. The molecule has 1 aromatic carbocycles. The molecule has 3 aliphatic rings. The number of aliphatic hydroxyl groups is 1. The van der Waals surface area contributed by atoms with Crippen LogP contribution < -0.4 is 10.6 Å². The van der Waals surface area contributed by atoms with Crippen molar-refractivity contribution < 1.29 is 24.2 Å². The zero-order valence-corrected chi connectivity index (χ0v) is 21.6. The maximum atomic E-state index is 14.0. The van der Waals surface area contributed by atoms with Crippen molar-refractivity contribution in [2.45, 2.75) is 75.2 Å². The van der Waals surface area contributed by atoms with Crippen LogP contribution in [-0.2, 0) is 19.1 Å². The van der Waals surface area contributed by atoms with Gasteiger partial charge in [-0.2, -0.15) is 0 Å². The molecule has 0 aromatic heterocycles. The fourth-order valence-electron chi connectivity index (χ4n) is 5.95. The van der Waals surface area contributed by atoms with Crippen molar-refractivity contribution in [2.75, 3.05) is 11.9 Å². The minimum atomic E-state index is -1.13. The van der Waals surface area contributed by atoms with Crippen LogP contribution in [0.25, 0.3) is 0 Å². The van der Waals surface area contributed by atoms with E-state index < -0.39 is 35.6 Å². The number of fused-ring (bicyclic) bond motifs is 1. The highest BCUT2D eigenvalue weighted by molar-refractivity contribution is 9.09. The fourth-order valence-corrected chi connectivity index (χ4v) is 6.89. The van der Waals surface area contributed by atoms with E-state index in [4.69, 9.17) is 4.74 Å². The standard InChI is InChI=1S/C25H34BrN3O5/c1-5-14(4)17(12-30)29-21(23(32)27-13(2)3)25-11-16(26)20(34-25)18(19(25)24(29)33)22(31)28-15-9-7-6-8-10-15/h6-10,13-14,16-21,30H,5,11-12H2,1-4H3,(H,27,32)(H,28,31)/t14-,16?,17-,18-,19-,20-,21?,25?/m0/s1. The third-order valence-corrected chi connectivity index (χ3v) is 8.44. The quantitative estimate of drug-likeness (QED) is 0.442. The molecular formula is C25H34BrN3O5. The van der Waals surface area contributed by atoms with E-state index in [9.17, 15) is 19.5 Å². The maximum absolute atomic E-state index is 14.0. The molecular weight excluding hydrogens is 502 g/mol. The third-order valence-electron chi connectivity index (χ3n) is 7.60. The van der Waals surface area contributed by atoms with Gasteiger partial charge in [0.15, 0.2) is 0 Å². The Labute approximate surface area is 208 Å². The molecule has 34 heavy (non-hydrogen) atoms. The summed E-state index contributed by atoms with van der Waals surface area (Å²) in [5, 5.41) is 16.2. The topological polar surface area (TPSA) is 108 Å². The number of nitrogens with zero attached hydrogens (tertiary/aromatic N) is 1. The first kappa shape index (κ1) is 25.1. The number of hydrogen-bond acceptors (Lipinski definition) is 5. The van der Waals surface area contributed by atoms with Gasteiger partial charge in [0.25, 0.3) is 0 Å². The van der Waals surface area contributed by atoms with E-state index in [1.165, 1.54) is 4.90 Å². The average Bonchev–Trinajstić information content (AvgIpc) is 3.38. The Bertz CT molecular complexity index is 944. The molecule has 3 unspecified atom stereocenters. The van der Waals surface area contributed by atoms with E-state index in [0.29, 0.717) is 12.1 Å². The number of alkyl halides is 1. The molecule has 9 heteroatoms. The lowest BCUT2D eigenvalue weighted by Gasteiger charge is -2.39. The molecule has 1 spiro atoms. The second kappa shape index (κ2) is 9.59. The molecule has 0 aliphatic carbocycles. The number of aliphatic hydroxyl groups excluding tert-OH is 1. The maximum Gasteiger partial charge on any atom is 0.246 e. The lowest BCUT2D eigenvalue weighted by atomic mass is 9.70. The number of halogens is 1. The summed E-state index contributed by atoms with van der Waals surface area (Å²) < 4.78 is 6.48. The van der Waals surface area contributed by atoms with Crippen LogP contribution in [0.2, 0.25) is 0 Å². The lowest BCUT2D eigenvalue weighted by molar-refractivity contribution is -0.146. The zero-order chi connectivity index (χ0) is 24.8. The number of likely N-dealkylation sites (tertiary alicyclic amines) is 1. The first-order valence-corrected chi connectivity index (χ1v) is 13.0. The van der Waals surface area contributed by atoms with Gasteiger partial charge in [0.05, 0.1) is 30.6 Å². The molecule has 186 valence electrons. The first-order valence-electron chi connectivity index (χ1n) is 12.1. The monoisotopic (exact) mass is 535 g/mol. The molecule has 3 aliphatic heterocycles. The van der Waals surface area contributed by atoms with Crippen molar-refractivity contribution >= 4 is 39.3 Å². The molecule has 8 atom stereocenters. The molecule has 3 N–H and O–H groups in total. The summed E-state index contributed by atoms with van der Waals surface area (Å²) in [6, 6.07) is 7.50. The van der Waals surface area contributed by atoms with E-state index in [1.807, 2.05) is 45.9 Å². The smallest absolute Gasteiger partial charge is 0.246 e. The molecule has 0 radical (unpaired) electrons. The third kappa shape index (κ3) is 3.95. The predicted octanol–water partition coefficient (Wildman–Crippen LogP) is 2.30. The molecule has 3 saturated heterocycles. The number of carbonyl (C=O) groups excluding carboxylic acids is 3. The van der Waals surface area contributed by atoms with Gasteiger partial charge in [-0.1, -0.05) is 54.4 Å². The molecule has 8 nitrogen and oxygen atoms in total. The van der Waals surface area contributed by atoms with Crippen LogP contribution in [0.4, 0.5) is 5.69 Å². The van der Waals surface area contributed by atoms with Crippen molar-refractivity contribution in [2.24, 2.45) is 17.8 Å². The Balaban J connectivity index is 1.76. The summed E-state index contributed by atoms with van der Waals surface area (Å²) in [5.41, 5.74) is -0.492. The van der Waals surface area contributed by atoms with Crippen LogP contribution in [0.15, 0.2) is 30.3 Å². The second-order valence-corrected chi connectivity index (χ2v) is 11.2. The molecule has 2 bridgehead atoms.